The first-order chi connectivity index (χ1) is 9.88. The van der Waals surface area contributed by atoms with Gasteiger partial charge >= 0.3 is 0 Å². The minimum atomic E-state index is -0.154. The van der Waals surface area contributed by atoms with Gasteiger partial charge in [0.05, 0.1) is 12.5 Å². The van der Waals surface area contributed by atoms with Gasteiger partial charge in [0, 0.05) is 11.5 Å². The van der Waals surface area contributed by atoms with Gasteiger partial charge in [0.2, 0.25) is 5.88 Å². The molecule has 0 saturated carbocycles. The van der Waals surface area contributed by atoms with E-state index in [1.54, 1.807) is 6.07 Å². The Morgan fingerprint density at radius 2 is 1.86 bits per heavy atom. The summed E-state index contributed by atoms with van der Waals surface area (Å²) < 4.78 is 6.46. The second-order valence-electron chi connectivity index (χ2n) is 5.68. The van der Waals surface area contributed by atoms with Crippen LogP contribution in [0.5, 0.6) is 11.6 Å². The molecule has 108 valence electrons. The molecule has 0 aliphatic rings. The van der Waals surface area contributed by atoms with Gasteiger partial charge in [0.25, 0.3) is 0 Å². The van der Waals surface area contributed by atoms with Crippen LogP contribution in [0.4, 0.5) is 0 Å². The molecule has 0 radical (unpaired) electrons. The summed E-state index contributed by atoms with van der Waals surface area (Å²) in [6.45, 7) is 6.15. The smallest absolute Gasteiger partial charge is 0.223 e. The van der Waals surface area contributed by atoms with Crippen molar-refractivity contribution < 1.29 is 4.74 Å². The molecular weight excluding hydrogens is 330 g/mol. The predicted octanol–water partition coefficient (Wildman–Crippen LogP) is 4.39. The van der Waals surface area contributed by atoms with Crippen molar-refractivity contribution in [2.45, 2.75) is 32.6 Å². The topological polar surface area (TPSA) is 58.8 Å². The van der Waals surface area contributed by atoms with Crippen LogP contribution < -0.4 is 4.74 Å². The van der Waals surface area contributed by atoms with Crippen molar-refractivity contribution in [1.82, 2.24) is 9.97 Å². The number of ether oxygens (including phenoxy) is 1. The molecule has 1 heterocycles. The summed E-state index contributed by atoms with van der Waals surface area (Å²) in [6.07, 6.45) is 0.396. The molecule has 0 atom stereocenters. The largest absolute Gasteiger partial charge is 0.439 e. The summed E-state index contributed by atoms with van der Waals surface area (Å²) in [5.41, 5.74) is 0.808. The van der Waals surface area contributed by atoms with Crippen molar-refractivity contribution in [2.24, 2.45) is 0 Å². The Morgan fingerprint density at radius 1 is 1.19 bits per heavy atom. The third kappa shape index (κ3) is 4.27. The average Bonchev–Trinajstić information content (AvgIpc) is 2.40. The van der Waals surface area contributed by atoms with Crippen molar-refractivity contribution >= 4 is 15.9 Å². The summed E-state index contributed by atoms with van der Waals surface area (Å²) in [5.74, 6) is 1.89. The average molecular weight is 346 g/mol. The third-order valence-electron chi connectivity index (χ3n) is 2.77. The van der Waals surface area contributed by atoms with Gasteiger partial charge in [-0.15, -0.1) is 0 Å². The van der Waals surface area contributed by atoms with Crippen LogP contribution in [0.3, 0.4) is 0 Å². The lowest BCUT2D eigenvalue weighted by Crippen LogP contribution is -2.16. The minimum absolute atomic E-state index is 0.154. The van der Waals surface area contributed by atoms with Crippen LogP contribution in [0.1, 0.15) is 32.2 Å². The zero-order valence-corrected chi connectivity index (χ0v) is 13.8. The normalized spacial score (nSPS) is 11.0. The molecule has 0 aliphatic heterocycles. The monoisotopic (exact) mass is 345 g/mol. The molecule has 0 N–H and O–H groups in total. The molecule has 1 aromatic carbocycles. The van der Waals surface area contributed by atoms with Crippen LogP contribution in [0, 0.1) is 11.3 Å². The Kier molecular flexibility index (Phi) is 4.59. The van der Waals surface area contributed by atoms with E-state index in [1.165, 1.54) is 0 Å². The molecule has 21 heavy (non-hydrogen) atoms. The van der Waals surface area contributed by atoms with Gasteiger partial charge in [0.1, 0.15) is 16.2 Å². The summed E-state index contributed by atoms with van der Waals surface area (Å²) in [7, 11) is 0. The zero-order valence-electron chi connectivity index (χ0n) is 12.2. The lowest BCUT2D eigenvalue weighted by Gasteiger charge is -2.17. The van der Waals surface area contributed by atoms with Crippen LogP contribution in [0.15, 0.2) is 34.9 Å². The number of hydrogen-bond donors (Lipinski definition) is 0. The number of rotatable bonds is 3. The second-order valence-corrected chi connectivity index (χ2v) is 6.50. The van der Waals surface area contributed by atoms with Gasteiger partial charge in [-0.05, 0) is 33.6 Å². The summed E-state index contributed by atoms with van der Waals surface area (Å²) in [4.78, 5) is 8.82. The van der Waals surface area contributed by atoms with E-state index in [1.807, 2.05) is 24.3 Å². The number of hydrogen-bond acceptors (Lipinski definition) is 4. The molecule has 0 fully saturated rings. The van der Waals surface area contributed by atoms with E-state index in [0.717, 1.165) is 5.56 Å². The van der Waals surface area contributed by atoms with Gasteiger partial charge in [0.15, 0.2) is 0 Å². The minimum Gasteiger partial charge on any atom is -0.439 e. The molecule has 0 amide bonds. The summed E-state index contributed by atoms with van der Waals surface area (Å²) >= 11 is 3.38. The fourth-order valence-electron chi connectivity index (χ4n) is 1.67. The lowest BCUT2D eigenvalue weighted by atomic mass is 9.96. The van der Waals surface area contributed by atoms with E-state index in [9.17, 15) is 0 Å². The van der Waals surface area contributed by atoms with Crippen molar-refractivity contribution in [1.29, 1.82) is 5.26 Å². The van der Waals surface area contributed by atoms with E-state index in [2.05, 4.69) is 52.7 Å². The highest BCUT2D eigenvalue weighted by molar-refractivity contribution is 9.10. The number of aromatic nitrogens is 2. The molecule has 2 aromatic rings. The molecule has 4 nitrogen and oxygen atoms in total. The van der Waals surface area contributed by atoms with E-state index in [4.69, 9.17) is 10.00 Å². The van der Waals surface area contributed by atoms with Crippen molar-refractivity contribution in [2.75, 3.05) is 0 Å². The summed E-state index contributed by atoms with van der Waals surface area (Å²) in [5, 5.41) is 8.66. The molecule has 1 aromatic heterocycles. The summed E-state index contributed by atoms with van der Waals surface area (Å²) in [6, 6.07) is 11.3. The first kappa shape index (κ1) is 15.5. The molecule has 0 aliphatic carbocycles. The van der Waals surface area contributed by atoms with Crippen molar-refractivity contribution in [3.63, 3.8) is 0 Å². The molecule has 5 heteroatoms. The van der Waals surface area contributed by atoms with E-state index in [0.29, 0.717) is 28.5 Å². The zero-order chi connectivity index (χ0) is 15.5. The van der Waals surface area contributed by atoms with Crippen LogP contribution in [-0.4, -0.2) is 9.97 Å². The fraction of sp³-hybridized carbons (Fsp3) is 0.312. The number of benzene rings is 1. The van der Waals surface area contributed by atoms with Crippen LogP contribution >= 0.6 is 15.9 Å². The Bertz CT molecular complexity index is 669. The Balaban J connectivity index is 2.23. The molecule has 0 unspecified atom stereocenters. The first-order valence-corrected chi connectivity index (χ1v) is 7.36. The van der Waals surface area contributed by atoms with Gasteiger partial charge in [-0.2, -0.15) is 10.2 Å². The van der Waals surface area contributed by atoms with Crippen molar-refractivity contribution in [3.05, 3.63) is 46.3 Å². The van der Waals surface area contributed by atoms with Gasteiger partial charge in [-0.3, -0.25) is 0 Å². The third-order valence-corrected chi connectivity index (χ3v) is 3.18. The van der Waals surface area contributed by atoms with Crippen LogP contribution in [0.2, 0.25) is 0 Å². The van der Waals surface area contributed by atoms with E-state index in [-0.39, 0.29) is 5.41 Å². The molecule has 2 rings (SSSR count). The van der Waals surface area contributed by atoms with Gasteiger partial charge < -0.3 is 4.74 Å². The Hall–Kier alpha value is -1.93. The maximum Gasteiger partial charge on any atom is 0.223 e. The number of nitrogens with zero attached hydrogens (tertiary/aromatic N) is 3. The standard InChI is InChI=1S/C16H16BrN3O/c1-16(2,3)15-19-13(17)10-14(20-15)21-12-6-4-11(5-7-12)8-9-18/h4-7,10H,8H2,1-3H3. The maximum atomic E-state index is 8.66. The highest BCUT2D eigenvalue weighted by Gasteiger charge is 2.19. The highest BCUT2D eigenvalue weighted by atomic mass is 79.9. The predicted molar refractivity (Wildman–Crippen MR) is 84.3 cm³/mol. The molecular formula is C16H16BrN3O. The number of halogens is 1. The van der Waals surface area contributed by atoms with Crippen LogP contribution in [0.25, 0.3) is 0 Å². The Morgan fingerprint density at radius 3 is 2.43 bits per heavy atom. The van der Waals surface area contributed by atoms with Crippen LogP contribution in [-0.2, 0) is 11.8 Å². The van der Waals surface area contributed by atoms with E-state index >= 15 is 0 Å². The van der Waals surface area contributed by atoms with Crippen molar-refractivity contribution in [3.8, 4) is 17.7 Å². The van der Waals surface area contributed by atoms with E-state index < -0.39 is 0 Å². The first-order valence-electron chi connectivity index (χ1n) is 6.57. The molecule has 0 spiro atoms. The molecule has 0 saturated heterocycles. The Labute approximate surface area is 132 Å². The lowest BCUT2D eigenvalue weighted by molar-refractivity contribution is 0.444. The van der Waals surface area contributed by atoms with Gasteiger partial charge in [-0.25, -0.2) is 4.98 Å². The highest BCUT2D eigenvalue weighted by Crippen LogP contribution is 2.26. The number of nitriles is 1. The van der Waals surface area contributed by atoms with Gasteiger partial charge in [-0.1, -0.05) is 32.9 Å². The second kappa shape index (κ2) is 6.23. The quantitative estimate of drug-likeness (QED) is 0.773. The SMILES string of the molecule is CC(C)(C)c1nc(Br)cc(Oc2ccc(CC#N)cc2)n1. The molecule has 0 bridgehead atoms. The fourth-order valence-corrected chi connectivity index (χ4v) is 2.04. The maximum absolute atomic E-state index is 8.66.